The number of hydrogen-bond acceptors (Lipinski definition) is 6. The molecule has 4 rings (SSSR count). The third kappa shape index (κ3) is 7.73. The number of nitrogens with zero attached hydrogens (tertiary/aromatic N) is 4. The molecule has 2 aromatic carbocycles. The lowest BCUT2D eigenvalue weighted by molar-refractivity contribution is 0.0952. The molecule has 12 heteroatoms. The van der Waals surface area contributed by atoms with Gasteiger partial charge in [-0.05, 0) is 69.4 Å². The van der Waals surface area contributed by atoms with Crippen LogP contribution in [0.4, 0.5) is 16.2 Å². The SMILES string of the molecule is CCn1nc(-c2cccc(-c3ccc(C(=O)NCCCN(C)C)cc3)c2)cc(NC(=O)Nc2c(Cl)cncc2Cl)c1=O. The number of amides is 3. The van der Waals surface area contributed by atoms with Crippen LogP contribution in [0.25, 0.3) is 22.4 Å². The summed E-state index contributed by atoms with van der Waals surface area (Å²) in [7, 11) is 4.00. The molecule has 0 fully saturated rings. The maximum absolute atomic E-state index is 13.0. The fourth-order valence-electron chi connectivity index (χ4n) is 4.16. The molecular formula is C30H31Cl2N7O3. The van der Waals surface area contributed by atoms with E-state index in [0.717, 1.165) is 29.7 Å². The van der Waals surface area contributed by atoms with Gasteiger partial charge in [-0.2, -0.15) is 5.10 Å². The van der Waals surface area contributed by atoms with E-state index in [1.165, 1.54) is 23.1 Å². The summed E-state index contributed by atoms with van der Waals surface area (Å²) >= 11 is 12.2. The first kappa shape index (κ1) is 30.7. The third-order valence-electron chi connectivity index (χ3n) is 6.32. The normalized spacial score (nSPS) is 10.9. The van der Waals surface area contributed by atoms with E-state index in [9.17, 15) is 14.4 Å². The van der Waals surface area contributed by atoms with Crippen LogP contribution in [0.5, 0.6) is 0 Å². The van der Waals surface area contributed by atoms with E-state index in [2.05, 4.69) is 30.9 Å². The van der Waals surface area contributed by atoms with E-state index in [-0.39, 0.29) is 27.3 Å². The zero-order valence-corrected chi connectivity index (χ0v) is 25.0. The number of halogens is 2. The maximum Gasteiger partial charge on any atom is 0.323 e. The van der Waals surface area contributed by atoms with Gasteiger partial charge in [0.2, 0.25) is 0 Å². The van der Waals surface area contributed by atoms with Gasteiger partial charge in [0, 0.05) is 36.6 Å². The number of anilines is 2. The number of rotatable bonds is 10. The number of aromatic nitrogens is 3. The van der Waals surface area contributed by atoms with Crippen LogP contribution in [0, 0.1) is 0 Å². The van der Waals surface area contributed by atoms with Crippen molar-refractivity contribution in [1.82, 2.24) is 25.0 Å². The van der Waals surface area contributed by atoms with Crippen LogP contribution >= 0.6 is 23.2 Å². The van der Waals surface area contributed by atoms with Crippen molar-refractivity contribution in [2.45, 2.75) is 19.9 Å². The van der Waals surface area contributed by atoms with Gasteiger partial charge in [0.05, 0.1) is 21.4 Å². The van der Waals surface area contributed by atoms with Crippen molar-refractivity contribution in [1.29, 1.82) is 0 Å². The number of benzene rings is 2. The Balaban J connectivity index is 1.54. The highest BCUT2D eigenvalue weighted by molar-refractivity contribution is 6.39. The summed E-state index contributed by atoms with van der Waals surface area (Å²) in [5, 5.41) is 12.9. The minimum absolute atomic E-state index is 0.0343. The molecule has 4 aromatic rings. The molecule has 0 aliphatic rings. The summed E-state index contributed by atoms with van der Waals surface area (Å²) in [5.41, 5.74) is 3.37. The topological polar surface area (TPSA) is 121 Å². The fraction of sp³-hybridized carbons (Fsp3) is 0.233. The van der Waals surface area contributed by atoms with Crippen molar-refractivity contribution < 1.29 is 9.59 Å². The predicted molar refractivity (Wildman–Crippen MR) is 167 cm³/mol. The molecule has 0 spiro atoms. The van der Waals surface area contributed by atoms with Crippen molar-refractivity contribution in [2.24, 2.45) is 0 Å². The number of nitrogens with one attached hydrogen (secondary N) is 3. The number of aryl methyl sites for hydroxylation is 1. The average molecular weight is 609 g/mol. The smallest absolute Gasteiger partial charge is 0.323 e. The van der Waals surface area contributed by atoms with E-state index >= 15 is 0 Å². The van der Waals surface area contributed by atoms with Crippen molar-refractivity contribution in [3.05, 3.63) is 93.0 Å². The van der Waals surface area contributed by atoms with Gasteiger partial charge < -0.3 is 20.9 Å². The molecule has 42 heavy (non-hydrogen) atoms. The number of carbonyl (C=O) groups excluding carboxylic acids is 2. The quantitative estimate of drug-likeness (QED) is 0.201. The number of pyridine rings is 1. The first-order valence-corrected chi connectivity index (χ1v) is 14.0. The monoisotopic (exact) mass is 607 g/mol. The standard InChI is InChI=1S/C30H31Cl2N7O3/c1-4-39-29(41)26(35-30(42)36-27-23(31)17-33-18-24(27)32)16-25(37-39)22-8-5-7-21(15-22)19-9-11-20(12-10-19)28(40)34-13-6-14-38(2)3/h5,7-12,15-18H,4,6,13-14H2,1-3H3,(H,34,40)(H2,33,35,36,42). The van der Waals surface area contributed by atoms with Gasteiger partial charge in [-0.15, -0.1) is 0 Å². The Kier molecular flexibility index (Phi) is 10.3. The van der Waals surface area contributed by atoms with Crippen LogP contribution in [0.15, 0.2) is 71.8 Å². The van der Waals surface area contributed by atoms with Gasteiger partial charge in [0.15, 0.2) is 0 Å². The minimum Gasteiger partial charge on any atom is -0.352 e. The lowest BCUT2D eigenvalue weighted by Gasteiger charge is -2.13. The molecule has 0 unspecified atom stereocenters. The van der Waals surface area contributed by atoms with Crippen LogP contribution in [-0.2, 0) is 6.54 Å². The Morgan fingerprint density at radius 1 is 0.929 bits per heavy atom. The molecule has 0 saturated heterocycles. The summed E-state index contributed by atoms with van der Waals surface area (Å²) < 4.78 is 1.27. The fourth-order valence-corrected chi connectivity index (χ4v) is 4.62. The van der Waals surface area contributed by atoms with Crippen LogP contribution in [-0.4, -0.2) is 58.8 Å². The largest absolute Gasteiger partial charge is 0.352 e. The zero-order chi connectivity index (χ0) is 30.2. The summed E-state index contributed by atoms with van der Waals surface area (Å²) in [4.78, 5) is 44.1. The van der Waals surface area contributed by atoms with Crippen molar-refractivity contribution in [3.8, 4) is 22.4 Å². The summed E-state index contributed by atoms with van der Waals surface area (Å²) in [5.74, 6) is -0.113. The van der Waals surface area contributed by atoms with Gasteiger partial charge in [-0.25, -0.2) is 9.48 Å². The van der Waals surface area contributed by atoms with Crippen LogP contribution in [0.1, 0.15) is 23.7 Å². The Labute approximate surface area is 253 Å². The van der Waals surface area contributed by atoms with E-state index in [0.29, 0.717) is 24.3 Å². The average Bonchev–Trinajstić information content (AvgIpc) is 2.98. The molecule has 0 bridgehead atoms. The molecule has 3 amide bonds. The van der Waals surface area contributed by atoms with Gasteiger partial charge in [-0.3, -0.25) is 14.6 Å². The molecule has 0 radical (unpaired) electrons. The summed E-state index contributed by atoms with van der Waals surface area (Å²) in [6, 6.07) is 15.8. The number of carbonyl (C=O) groups is 2. The molecule has 0 saturated carbocycles. The Morgan fingerprint density at radius 2 is 1.62 bits per heavy atom. The van der Waals surface area contributed by atoms with Gasteiger partial charge >= 0.3 is 6.03 Å². The van der Waals surface area contributed by atoms with Crippen LogP contribution < -0.4 is 21.5 Å². The second-order valence-corrected chi connectivity index (χ2v) is 10.5. The molecule has 0 aliphatic carbocycles. The van der Waals surface area contributed by atoms with Crippen molar-refractivity contribution >= 4 is 46.5 Å². The van der Waals surface area contributed by atoms with E-state index < -0.39 is 11.6 Å². The van der Waals surface area contributed by atoms with Gasteiger partial charge in [-0.1, -0.05) is 53.5 Å². The second kappa shape index (κ2) is 14.1. The molecule has 0 aliphatic heterocycles. The highest BCUT2D eigenvalue weighted by Gasteiger charge is 2.15. The van der Waals surface area contributed by atoms with Crippen LogP contribution in [0.2, 0.25) is 10.0 Å². The minimum atomic E-state index is -0.697. The lowest BCUT2D eigenvalue weighted by atomic mass is 10.0. The Hall–Kier alpha value is -4.25. The second-order valence-electron chi connectivity index (χ2n) is 9.69. The van der Waals surface area contributed by atoms with E-state index in [4.69, 9.17) is 23.2 Å². The Bertz CT molecular complexity index is 1620. The molecular weight excluding hydrogens is 577 g/mol. The Morgan fingerprint density at radius 3 is 2.29 bits per heavy atom. The number of hydrogen-bond donors (Lipinski definition) is 3. The molecule has 3 N–H and O–H groups in total. The van der Waals surface area contributed by atoms with Crippen molar-refractivity contribution in [3.63, 3.8) is 0 Å². The molecule has 10 nitrogen and oxygen atoms in total. The lowest BCUT2D eigenvalue weighted by Crippen LogP contribution is -2.29. The van der Waals surface area contributed by atoms with Crippen LogP contribution in [0.3, 0.4) is 0 Å². The molecule has 2 heterocycles. The summed E-state index contributed by atoms with van der Waals surface area (Å²) in [6.45, 7) is 3.59. The zero-order valence-electron chi connectivity index (χ0n) is 23.4. The highest BCUT2D eigenvalue weighted by Crippen LogP contribution is 2.29. The first-order chi connectivity index (χ1) is 20.2. The predicted octanol–water partition coefficient (Wildman–Crippen LogP) is 5.62. The molecule has 0 atom stereocenters. The third-order valence-corrected chi connectivity index (χ3v) is 6.89. The molecule has 2 aromatic heterocycles. The van der Waals surface area contributed by atoms with Gasteiger partial charge in [0.25, 0.3) is 11.5 Å². The van der Waals surface area contributed by atoms with E-state index in [1.807, 2.05) is 50.5 Å². The first-order valence-electron chi connectivity index (χ1n) is 13.3. The van der Waals surface area contributed by atoms with Gasteiger partial charge in [0.1, 0.15) is 5.69 Å². The van der Waals surface area contributed by atoms with E-state index in [1.54, 1.807) is 19.1 Å². The van der Waals surface area contributed by atoms with Crippen molar-refractivity contribution in [2.75, 3.05) is 37.8 Å². The molecule has 218 valence electrons. The maximum atomic E-state index is 13.0. The number of urea groups is 1. The summed E-state index contributed by atoms with van der Waals surface area (Å²) in [6.07, 6.45) is 3.57. The highest BCUT2D eigenvalue weighted by atomic mass is 35.5.